The van der Waals surface area contributed by atoms with Gasteiger partial charge in [-0.2, -0.15) is 4.31 Å². The molecule has 0 aliphatic rings. The van der Waals surface area contributed by atoms with Crippen LogP contribution in [0.15, 0.2) is 102 Å². The van der Waals surface area contributed by atoms with Gasteiger partial charge in [-0.05, 0) is 73.0 Å². The number of hydrogen-bond acceptors (Lipinski definition) is 5. The molecule has 0 radical (unpaired) electrons. The summed E-state index contributed by atoms with van der Waals surface area (Å²) in [5.74, 6) is 1.01. The van der Waals surface area contributed by atoms with E-state index in [1.165, 1.54) is 17.5 Å². The smallest absolute Gasteiger partial charge is 0.243 e. The quantitative estimate of drug-likeness (QED) is 0.230. The van der Waals surface area contributed by atoms with Crippen molar-refractivity contribution in [3.8, 4) is 17.2 Å². The maximum absolute atomic E-state index is 13.7. The van der Waals surface area contributed by atoms with Crippen LogP contribution in [0, 0.1) is 6.92 Å². The SMILES string of the molecule is COc1ccc(S(=O)(=O)N(CCc2ccccc2)CC(=O)Nc2cc(Cl)ccc2Oc2ccccc2)cc1C. The Balaban J connectivity index is 1.59. The molecule has 0 fully saturated rings. The average Bonchev–Trinajstić information content (AvgIpc) is 2.93. The lowest BCUT2D eigenvalue weighted by molar-refractivity contribution is -0.116. The average molecular weight is 565 g/mol. The molecule has 4 aromatic rings. The van der Waals surface area contributed by atoms with Crippen LogP contribution in [-0.2, 0) is 21.2 Å². The van der Waals surface area contributed by atoms with Gasteiger partial charge in [0.05, 0.1) is 24.2 Å². The highest BCUT2D eigenvalue weighted by molar-refractivity contribution is 7.89. The molecule has 0 saturated heterocycles. The van der Waals surface area contributed by atoms with Crippen LogP contribution in [0.4, 0.5) is 5.69 Å². The number of anilines is 1. The highest BCUT2D eigenvalue weighted by Gasteiger charge is 2.27. The number of carbonyl (C=O) groups is 1. The molecule has 202 valence electrons. The van der Waals surface area contributed by atoms with Crippen molar-refractivity contribution in [3.63, 3.8) is 0 Å². The summed E-state index contributed by atoms with van der Waals surface area (Å²) in [4.78, 5) is 13.3. The van der Waals surface area contributed by atoms with Gasteiger partial charge in [0.1, 0.15) is 11.5 Å². The first kappa shape index (κ1) is 28.2. The number of halogens is 1. The van der Waals surface area contributed by atoms with E-state index < -0.39 is 22.5 Å². The van der Waals surface area contributed by atoms with Crippen LogP contribution in [0.3, 0.4) is 0 Å². The molecule has 0 unspecified atom stereocenters. The Morgan fingerprint density at radius 1 is 0.897 bits per heavy atom. The first-order valence-corrected chi connectivity index (χ1v) is 14.1. The highest BCUT2D eigenvalue weighted by Crippen LogP contribution is 2.32. The van der Waals surface area contributed by atoms with Gasteiger partial charge in [-0.15, -0.1) is 0 Å². The molecule has 4 aromatic carbocycles. The van der Waals surface area contributed by atoms with E-state index in [9.17, 15) is 13.2 Å². The number of methoxy groups -OCH3 is 1. The molecule has 0 aliphatic heterocycles. The minimum absolute atomic E-state index is 0.0810. The van der Waals surface area contributed by atoms with Crippen LogP contribution in [0.1, 0.15) is 11.1 Å². The molecule has 0 atom stereocenters. The van der Waals surface area contributed by atoms with Crippen molar-refractivity contribution in [1.29, 1.82) is 0 Å². The van der Waals surface area contributed by atoms with Crippen molar-refractivity contribution in [2.45, 2.75) is 18.2 Å². The van der Waals surface area contributed by atoms with Crippen LogP contribution in [0.5, 0.6) is 17.2 Å². The van der Waals surface area contributed by atoms with Crippen molar-refractivity contribution in [1.82, 2.24) is 4.31 Å². The van der Waals surface area contributed by atoms with Gasteiger partial charge in [0.15, 0.2) is 5.75 Å². The number of sulfonamides is 1. The van der Waals surface area contributed by atoms with Gasteiger partial charge in [-0.1, -0.05) is 60.1 Å². The van der Waals surface area contributed by atoms with E-state index in [4.69, 9.17) is 21.1 Å². The number of nitrogens with zero attached hydrogens (tertiary/aromatic N) is 1. The van der Waals surface area contributed by atoms with Crippen LogP contribution < -0.4 is 14.8 Å². The minimum Gasteiger partial charge on any atom is -0.496 e. The van der Waals surface area contributed by atoms with Crippen molar-refractivity contribution < 1.29 is 22.7 Å². The summed E-state index contributed by atoms with van der Waals surface area (Å²) in [5.41, 5.74) is 1.96. The fraction of sp³-hybridized carbons (Fsp3) is 0.167. The van der Waals surface area contributed by atoms with E-state index in [0.717, 1.165) is 5.56 Å². The molecule has 39 heavy (non-hydrogen) atoms. The Labute approximate surface area is 234 Å². The largest absolute Gasteiger partial charge is 0.496 e. The molecule has 9 heteroatoms. The van der Waals surface area contributed by atoms with Crippen LogP contribution in [0.2, 0.25) is 5.02 Å². The zero-order chi connectivity index (χ0) is 27.8. The fourth-order valence-electron chi connectivity index (χ4n) is 4.00. The molecule has 7 nitrogen and oxygen atoms in total. The summed E-state index contributed by atoms with van der Waals surface area (Å²) in [6.07, 6.45) is 0.433. The summed E-state index contributed by atoms with van der Waals surface area (Å²) in [6, 6.07) is 28.1. The Kier molecular flexibility index (Phi) is 9.24. The van der Waals surface area contributed by atoms with Gasteiger partial charge in [0.2, 0.25) is 15.9 Å². The molecule has 0 bridgehead atoms. The predicted octanol–water partition coefficient (Wildman–Crippen LogP) is 6.32. The number of benzene rings is 4. The zero-order valence-corrected chi connectivity index (χ0v) is 23.2. The maximum atomic E-state index is 13.7. The number of nitrogens with one attached hydrogen (secondary N) is 1. The zero-order valence-electron chi connectivity index (χ0n) is 21.6. The van der Waals surface area contributed by atoms with E-state index in [1.807, 2.05) is 48.5 Å². The van der Waals surface area contributed by atoms with Gasteiger partial charge in [0, 0.05) is 11.6 Å². The number of hydrogen-bond donors (Lipinski definition) is 1. The Morgan fingerprint density at radius 2 is 1.56 bits per heavy atom. The van der Waals surface area contributed by atoms with Gasteiger partial charge < -0.3 is 14.8 Å². The second kappa shape index (κ2) is 12.8. The molecular weight excluding hydrogens is 536 g/mol. The third-order valence-electron chi connectivity index (χ3n) is 6.00. The molecule has 0 heterocycles. The van der Waals surface area contributed by atoms with Crippen molar-refractivity contribution in [2.75, 3.05) is 25.5 Å². The highest BCUT2D eigenvalue weighted by atomic mass is 35.5. The lowest BCUT2D eigenvalue weighted by Crippen LogP contribution is -2.39. The van der Waals surface area contributed by atoms with E-state index in [1.54, 1.807) is 49.4 Å². The van der Waals surface area contributed by atoms with Crippen molar-refractivity contribution >= 4 is 33.2 Å². The summed E-state index contributed by atoms with van der Waals surface area (Å²) in [7, 11) is -2.49. The Morgan fingerprint density at radius 3 is 2.23 bits per heavy atom. The second-order valence-corrected chi connectivity index (χ2v) is 11.2. The molecule has 4 rings (SSSR count). The number of carbonyl (C=O) groups excluding carboxylic acids is 1. The second-order valence-electron chi connectivity index (χ2n) is 8.81. The number of rotatable bonds is 11. The predicted molar refractivity (Wildman–Crippen MR) is 153 cm³/mol. The molecule has 0 saturated carbocycles. The third-order valence-corrected chi connectivity index (χ3v) is 8.08. The Hall–Kier alpha value is -3.85. The molecular formula is C30H29ClN2O5S. The maximum Gasteiger partial charge on any atom is 0.243 e. The van der Waals surface area contributed by atoms with Crippen LogP contribution in [-0.4, -0.2) is 38.8 Å². The lowest BCUT2D eigenvalue weighted by Gasteiger charge is -2.23. The van der Waals surface area contributed by atoms with Crippen molar-refractivity contribution in [3.05, 3.63) is 113 Å². The number of ether oxygens (including phenoxy) is 2. The summed E-state index contributed by atoms with van der Waals surface area (Å²) < 4.78 is 39.8. The van der Waals surface area contributed by atoms with E-state index in [2.05, 4.69) is 5.32 Å². The topological polar surface area (TPSA) is 84.9 Å². The minimum atomic E-state index is -4.01. The summed E-state index contributed by atoms with van der Waals surface area (Å²) in [6.45, 7) is 1.47. The molecule has 0 spiro atoms. The third kappa shape index (κ3) is 7.38. The molecule has 0 aliphatic carbocycles. The summed E-state index contributed by atoms with van der Waals surface area (Å²) >= 11 is 6.20. The Bertz CT molecular complexity index is 1530. The van der Waals surface area contributed by atoms with Gasteiger partial charge in [0.25, 0.3) is 0 Å². The van der Waals surface area contributed by atoms with Gasteiger partial charge >= 0.3 is 0 Å². The number of aryl methyl sites for hydroxylation is 1. The monoisotopic (exact) mass is 564 g/mol. The van der Waals surface area contributed by atoms with Crippen molar-refractivity contribution in [2.24, 2.45) is 0 Å². The molecule has 1 N–H and O–H groups in total. The number of amides is 1. The van der Waals surface area contributed by atoms with Crippen LogP contribution in [0.25, 0.3) is 0 Å². The van der Waals surface area contributed by atoms with E-state index >= 15 is 0 Å². The lowest BCUT2D eigenvalue weighted by atomic mass is 10.1. The molecule has 1 amide bonds. The normalized spacial score (nSPS) is 11.3. The van der Waals surface area contributed by atoms with E-state index in [0.29, 0.717) is 39.9 Å². The summed E-state index contributed by atoms with van der Waals surface area (Å²) in [5, 5.41) is 3.18. The molecule has 0 aromatic heterocycles. The standard InChI is InChI=1S/C30H29ClN2O5S/c1-22-19-26(14-16-28(22)37-2)39(35,36)33(18-17-23-9-5-3-6-10-23)21-30(34)32-27-20-24(31)13-15-29(27)38-25-11-7-4-8-12-25/h3-16,19-20H,17-18,21H2,1-2H3,(H,32,34). The fourth-order valence-corrected chi connectivity index (χ4v) is 5.65. The number of para-hydroxylation sites is 1. The first-order chi connectivity index (χ1) is 18.8. The van der Waals surface area contributed by atoms with Gasteiger partial charge in [-0.3, -0.25) is 4.79 Å². The first-order valence-electron chi connectivity index (χ1n) is 12.3. The van der Waals surface area contributed by atoms with E-state index in [-0.39, 0.29) is 11.4 Å². The van der Waals surface area contributed by atoms with Crippen LogP contribution >= 0.6 is 11.6 Å². The van der Waals surface area contributed by atoms with Gasteiger partial charge in [-0.25, -0.2) is 8.42 Å².